The number of rotatable bonds is 3. The number of carbonyl (C=O) groups is 1. The van der Waals surface area contributed by atoms with Gasteiger partial charge in [0.25, 0.3) is 0 Å². The smallest absolute Gasteiger partial charge is 0.167 e. The maximum Gasteiger partial charge on any atom is 0.167 e. The van der Waals surface area contributed by atoms with Crippen molar-refractivity contribution >= 4 is 21.7 Å². The Kier molecular flexibility index (Phi) is 4.15. The van der Waals surface area contributed by atoms with E-state index in [0.717, 1.165) is 10.0 Å². The number of Topliss-reactive ketones (excluding diaryl/α,β-unsaturated/α-hetero) is 1. The largest absolute Gasteiger partial charge is 0.294 e. The van der Waals surface area contributed by atoms with Gasteiger partial charge >= 0.3 is 0 Å². The van der Waals surface area contributed by atoms with Gasteiger partial charge in [0.1, 0.15) is 5.82 Å². The number of halogens is 2. The normalized spacial score (nSPS) is 10.5. The molecule has 0 saturated heterocycles. The summed E-state index contributed by atoms with van der Waals surface area (Å²) >= 11 is 3.36. The third-order valence-electron chi connectivity index (χ3n) is 3.05. The molecule has 0 bridgehead atoms. The lowest BCUT2D eigenvalue weighted by atomic mass is 9.95. The molecule has 2 aromatic rings. The Labute approximate surface area is 120 Å². The van der Waals surface area contributed by atoms with Crippen LogP contribution in [-0.2, 0) is 6.42 Å². The minimum absolute atomic E-state index is 0.0253. The van der Waals surface area contributed by atoms with E-state index in [0.29, 0.717) is 23.1 Å². The fourth-order valence-corrected chi connectivity index (χ4v) is 2.49. The summed E-state index contributed by atoms with van der Waals surface area (Å²) in [6.07, 6.45) is 0.334. The molecule has 0 aromatic heterocycles. The van der Waals surface area contributed by atoms with Crippen molar-refractivity contribution in [3.05, 3.63) is 68.9 Å². The van der Waals surface area contributed by atoms with Gasteiger partial charge in [-0.3, -0.25) is 4.79 Å². The van der Waals surface area contributed by atoms with Crippen molar-refractivity contribution in [2.24, 2.45) is 0 Å². The summed E-state index contributed by atoms with van der Waals surface area (Å²) in [6.45, 7) is 3.54. The minimum atomic E-state index is -0.296. The molecule has 98 valence electrons. The predicted octanol–water partition coefficient (Wildman–Crippen LogP) is 4.63. The van der Waals surface area contributed by atoms with Crippen LogP contribution in [0.1, 0.15) is 27.0 Å². The highest BCUT2D eigenvalue weighted by Crippen LogP contribution is 2.19. The quantitative estimate of drug-likeness (QED) is 0.753. The SMILES string of the molecule is Cc1cc(F)cc(C)c1C(=O)Cc1ccc(Br)cc1. The molecule has 0 amide bonds. The van der Waals surface area contributed by atoms with Crippen molar-refractivity contribution < 1.29 is 9.18 Å². The zero-order chi connectivity index (χ0) is 14.0. The molecule has 0 aliphatic heterocycles. The highest BCUT2D eigenvalue weighted by Gasteiger charge is 2.14. The Morgan fingerprint density at radius 3 is 2.16 bits per heavy atom. The van der Waals surface area contributed by atoms with Crippen molar-refractivity contribution in [1.82, 2.24) is 0 Å². The Balaban J connectivity index is 2.28. The summed E-state index contributed by atoms with van der Waals surface area (Å²) in [5, 5.41) is 0. The van der Waals surface area contributed by atoms with Crippen LogP contribution in [0.5, 0.6) is 0 Å². The Morgan fingerprint density at radius 2 is 1.63 bits per heavy atom. The van der Waals surface area contributed by atoms with Gasteiger partial charge in [0.2, 0.25) is 0 Å². The molecule has 0 N–H and O–H groups in total. The first-order chi connectivity index (χ1) is 8.97. The van der Waals surface area contributed by atoms with Crippen LogP contribution in [0.2, 0.25) is 0 Å². The van der Waals surface area contributed by atoms with E-state index in [2.05, 4.69) is 15.9 Å². The first kappa shape index (κ1) is 13.9. The summed E-state index contributed by atoms with van der Waals surface area (Å²) in [5.41, 5.74) is 2.97. The Morgan fingerprint density at radius 1 is 1.11 bits per heavy atom. The van der Waals surface area contributed by atoms with Crippen LogP contribution < -0.4 is 0 Å². The van der Waals surface area contributed by atoms with Crippen molar-refractivity contribution in [3.63, 3.8) is 0 Å². The van der Waals surface area contributed by atoms with Gasteiger partial charge < -0.3 is 0 Å². The van der Waals surface area contributed by atoms with Gasteiger partial charge in [0.15, 0.2) is 5.78 Å². The van der Waals surface area contributed by atoms with Crippen LogP contribution >= 0.6 is 15.9 Å². The molecule has 1 nitrogen and oxygen atoms in total. The second-order valence-corrected chi connectivity index (χ2v) is 5.56. The van der Waals surface area contributed by atoms with E-state index in [-0.39, 0.29) is 11.6 Å². The van der Waals surface area contributed by atoms with Crippen molar-refractivity contribution in [1.29, 1.82) is 0 Å². The molecular weight excluding hydrogens is 307 g/mol. The van der Waals surface area contributed by atoms with Gasteiger partial charge in [-0.1, -0.05) is 28.1 Å². The predicted molar refractivity (Wildman–Crippen MR) is 78.1 cm³/mol. The third kappa shape index (κ3) is 3.29. The van der Waals surface area contributed by atoms with Crippen molar-refractivity contribution in [2.45, 2.75) is 20.3 Å². The fraction of sp³-hybridized carbons (Fsp3) is 0.188. The molecule has 0 fully saturated rings. The third-order valence-corrected chi connectivity index (χ3v) is 3.58. The van der Waals surface area contributed by atoms with Gasteiger partial charge in [-0.05, 0) is 54.8 Å². The molecule has 0 unspecified atom stereocenters. The topological polar surface area (TPSA) is 17.1 Å². The number of hydrogen-bond donors (Lipinski definition) is 0. The lowest BCUT2D eigenvalue weighted by molar-refractivity contribution is 0.0992. The van der Waals surface area contributed by atoms with Crippen LogP contribution in [-0.4, -0.2) is 5.78 Å². The van der Waals surface area contributed by atoms with Gasteiger partial charge in [-0.25, -0.2) is 4.39 Å². The Hall–Kier alpha value is -1.48. The average molecular weight is 321 g/mol. The summed E-state index contributed by atoms with van der Waals surface area (Å²) in [4.78, 5) is 12.3. The van der Waals surface area contributed by atoms with Crippen molar-refractivity contribution in [3.8, 4) is 0 Å². The maximum atomic E-state index is 13.2. The van der Waals surface area contributed by atoms with E-state index in [1.54, 1.807) is 13.8 Å². The average Bonchev–Trinajstić information content (AvgIpc) is 2.30. The summed E-state index contributed by atoms with van der Waals surface area (Å²) < 4.78 is 14.2. The summed E-state index contributed by atoms with van der Waals surface area (Å²) in [7, 11) is 0. The van der Waals surface area contributed by atoms with Crippen molar-refractivity contribution in [2.75, 3.05) is 0 Å². The highest BCUT2D eigenvalue weighted by molar-refractivity contribution is 9.10. The first-order valence-electron chi connectivity index (χ1n) is 6.02. The second kappa shape index (κ2) is 5.66. The monoisotopic (exact) mass is 320 g/mol. The fourth-order valence-electron chi connectivity index (χ4n) is 2.23. The summed E-state index contributed by atoms with van der Waals surface area (Å²) in [5.74, 6) is -0.271. The molecule has 0 aliphatic carbocycles. The van der Waals surface area contributed by atoms with Crippen LogP contribution in [0.25, 0.3) is 0 Å². The van der Waals surface area contributed by atoms with E-state index in [9.17, 15) is 9.18 Å². The van der Waals surface area contributed by atoms with Gasteiger partial charge in [-0.15, -0.1) is 0 Å². The molecule has 3 heteroatoms. The number of aryl methyl sites for hydroxylation is 2. The van der Waals surface area contributed by atoms with E-state index >= 15 is 0 Å². The van der Waals surface area contributed by atoms with Gasteiger partial charge in [0, 0.05) is 16.5 Å². The molecule has 0 heterocycles. The van der Waals surface area contributed by atoms with Crippen LogP contribution in [0, 0.1) is 19.7 Å². The zero-order valence-corrected chi connectivity index (χ0v) is 12.4. The second-order valence-electron chi connectivity index (χ2n) is 4.64. The Bertz CT molecular complexity index is 594. The molecule has 0 aliphatic rings. The molecule has 0 atom stereocenters. The lowest BCUT2D eigenvalue weighted by Crippen LogP contribution is -2.08. The molecule has 0 spiro atoms. The number of carbonyl (C=O) groups excluding carboxylic acids is 1. The highest BCUT2D eigenvalue weighted by atomic mass is 79.9. The van der Waals surface area contributed by atoms with E-state index < -0.39 is 0 Å². The molecule has 19 heavy (non-hydrogen) atoms. The molecule has 0 radical (unpaired) electrons. The number of hydrogen-bond acceptors (Lipinski definition) is 1. The molecule has 2 aromatic carbocycles. The van der Waals surface area contributed by atoms with E-state index in [4.69, 9.17) is 0 Å². The van der Waals surface area contributed by atoms with E-state index in [1.807, 2.05) is 24.3 Å². The number of benzene rings is 2. The molecule has 2 rings (SSSR count). The van der Waals surface area contributed by atoms with Crippen LogP contribution in [0.3, 0.4) is 0 Å². The molecular formula is C16H14BrFO. The number of ketones is 1. The lowest BCUT2D eigenvalue weighted by Gasteiger charge is -2.09. The van der Waals surface area contributed by atoms with Crippen LogP contribution in [0.15, 0.2) is 40.9 Å². The van der Waals surface area contributed by atoms with Crippen LogP contribution in [0.4, 0.5) is 4.39 Å². The maximum absolute atomic E-state index is 13.2. The van der Waals surface area contributed by atoms with Gasteiger partial charge in [-0.2, -0.15) is 0 Å². The van der Waals surface area contributed by atoms with E-state index in [1.165, 1.54) is 12.1 Å². The minimum Gasteiger partial charge on any atom is -0.294 e. The molecule has 0 saturated carbocycles. The standard InChI is InChI=1S/C16H14BrFO/c1-10-7-14(18)8-11(2)16(10)15(19)9-12-3-5-13(17)6-4-12/h3-8H,9H2,1-2H3. The van der Waals surface area contributed by atoms with Gasteiger partial charge in [0.05, 0.1) is 0 Å². The first-order valence-corrected chi connectivity index (χ1v) is 6.81. The summed E-state index contributed by atoms with van der Waals surface area (Å²) in [6, 6.07) is 10.5. The zero-order valence-electron chi connectivity index (χ0n) is 10.8.